The summed E-state index contributed by atoms with van der Waals surface area (Å²) in [4.78, 5) is 26.1. The molecule has 7 heteroatoms. The molecule has 0 aliphatic carbocycles. The van der Waals surface area contributed by atoms with Crippen LogP contribution in [0.25, 0.3) is 0 Å². The summed E-state index contributed by atoms with van der Waals surface area (Å²) in [6.07, 6.45) is 2.31. The summed E-state index contributed by atoms with van der Waals surface area (Å²) < 4.78 is 5.36. The van der Waals surface area contributed by atoms with Crippen LogP contribution >= 0.6 is 11.3 Å². The van der Waals surface area contributed by atoms with E-state index in [0.29, 0.717) is 11.4 Å². The van der Waals surface area contributed by atoms with Gasteiger partial charge in [0, 0.05) is 12.0 Å². The van der Waals surface area contributed by atoms with Gasteiger partial charge in [0.05, 0.1) is 19.1 Å². The van der Waals surface area contributed by atoms with Gasteiger partial charge in [-0.1, -0.05) is 0 Å². The summed E-state index contributed by atoms with van der Waals surface area (Å²) in [7, 11) is 0. The summed E-state index contributed by atoms with van der Waals surface area (Å²) in [5, 5.41) is 13.5. The summed E-state index contributed by atoms with van der Waals surface area (Å²) >= 11 is 1.22. The second-order valence-electron chi connectivity index (χ2n) is 4.05. The third kappa shape index (κ3) is 3.51. The highest BCUT2D eigenvalue weighted by atomic mass is 32.1. The van der Waals surface area contributed by atoms with E-state index in [1.54, 1.807) is 0 Å². The third-order valence-electron chi connectivity index (χ3n) is 2.64. The highest BCUT2D eigenvalue weighted by Gasteiger charge is 2.19. The number of carboxylic acids is 1. The van der Waals surface area contributed by atoms with Gasteiger partial charge in [0.15, 0.2) is 5.69 Å². The molecule has 0 spiro atoms. The van der Waals surface area contributed by atoms with Gasteiger partial charge >= 0.3 is 5.97 Å². The molecular formula is C11H14N2O4S. The van der Waals surface area contributed by atoms with Gasteiger partial charge in [0.1, 0.15) is 5.01 Å². The molecule has 0 aromatic carbocycles. The number of aromatic carboxylic acids is 1. The number of hydrogen-bond donors (Lipinski definition) is 2. The van der Waals surface area contributed by atoms with Crippen LogP contribution in [-0.2, 0) is 16.1 Å². The van der Waals surface area contributed by atoms with E-state index in [9.17, 15) is 9.59 Å². The molecule has 1 aromatic heterocycles. The molecule has 1 atom stereocenters. The van der Waals surface area contributed by atoms with Crippen molar-refractivity contribution in [1.29, 1.82) is 0 Å². The number of amides is 1. The number of carbonyl (C=O) groups is 2. The maximum atomic E-state index is 11.6. The van der Waals surface area contributed by atoms with Gasteiger partial charge < -0.3 is 15.2 Å². The maximum Gasteiger partial charge on any atom is 0.355 e. The molecule has 18 heavy (non-hydrogen) atoms. The molecule has 1 aliphatic heterocycles. The zero-order chi connectivity index (χ0) is 13.0. The quantitative estimate of drug-likeness (QED) is 0.834. The van der Waals surface area contributed by atoms with Crippen LogP contribution < -0.4 is 5.32 Å². The molecule has 1 aromatic rings. The predicted octanol–water partition coefficient (Wildman–Crippen LogP) is 1.03. The standard InChI is InChI=1S/C11H14N2O4S/c14-9(4-7-2-1-3-17-7)12-5-10-13-8(6-18-10)11(15)16/h6-7H,1-5H2,(H,12,14)(H,15,16)/t7-/m0/s1. The highest BCUT2D eigenvalue weighted by Crippen LogP contribution is 2.15. The van der Waals surface area contributed by atoms with Gasteiger partial charge in [-0.25, -0.2) is 9.78 Å². The van der Waals surface area contributed by atoms with Crippen LogP contribution in [0.3, 0.4) is 0 Å². The first-order valence-electron chi connectivity index (χ1n) is 5.71. The lowest BCUT2D eigenvalue weighted by Crippen LogP contribution is -2.26. The monoisotopic (exact) mass is 270 g/mol. The molecule has 0 bridgehead atoms. The van der Waals surface area contributed by atoms with Crippen molar-refractivity contribution in [3.63, 3.8) is 0 Å². The second kappa shape index (κ2) is 5.92. The maximum absolute atomic E-state index is 11.6. The summed E-state index contributed by atoms with van der Waals surface area (Å²) in [6.45, 7) is 0.996. The van der Waals surface area contributed by atoms with Crippen LogP contribution in [0, 0.1) is 0 Å². The fourth-order valence-electron chi connectivity index (χ4n) is 1.75. The number of hydrogen-bond acceptors (Lipinski definition) is 5. The molecule has 98 valence electrons. The van der Waals surface area contributed by atoms with E-state index in [1.807, 2.05) is 0 Å². The van der Waals surface area contributed by atoms with Gasteiger partial charge in [0.2, 0.25) is 5.91 Å². The Kier molecular flexibility index (Phi) is 4.27. The lowest BCUT2D eigenvalue weighted by atomic mass is 10.2. The molecule has 0 unspecified atom stereocenters. The molecule has 6 nitrogen and oxygen atoms in total. The van der Waals surface area contributed by atoms with Crippen molar-refractivity contribution in [3.05, 3.63) is 16.1 Å². The first-order chi connectivity index (χ1) is 8.65. The SMILES string of the molecule is O=C(C[C@@H]1CCCO1)NCc1nc(C(=O)O)cs1. The van der Waals surface area contributed by atoms with Crippen molar-refractivity contribution in [2.24, 2.45) is 0 Å². The number of carboxylic acid groups (broad SMARTS) is 1. The first-order valence-corrected chi connectivity index (χ1v) is 6.59. The van der Waals surface area contributed by atoms with Crippen molar-refractivity contribution in [3.8, 4) is 0 Å². The van der Waals surface area contributed by atoms with Crippen LogP contribution in [-0.4, -0.2) is 34.7 Å². The number of carbonyl (C=O) groups excluding carboxylic acids is 1. The number of nitrogens with zero attached hydrogens (tertiary/aromatic N) is 1. The van der Waals surface area contributed by atoms with Crippen molar-refractivity contribution in [2.75, 3.05) is 6.61 Å². The first kappa shape index (κ1) is 13.0. The Bertz CT molecular complexity index is 440. The lowest BCUT2D eigenvalue weighted by Gasteiger charge is -2.08. The Morgan fingerprint density at radius 3 is 3.06 bits per heavy atom. The summed E-state index contributed by atoms with van der Waals surface area (Å²) in [5.41, 5.74) is 0.0170. The fourth-order valence-corrected chi connectivity index (χ4v) is 2.46. The van der Waals surface area contributed by atoms with E-state index >= 15 is 0 Å². The van der Waals surface area contributed by atoms with E-state index in [-0.39, 0.29) is 24.2 Å². The third-order valence-corrected chi connectivity index (χ3v) is 3.49. The van der Waals surface area contributed by atoms with E-state index in [2.05, 4.69) is 10.3 Å². The number of ether oxygens (including phenoxy) is 1. The largest absolute Gasteiger partial charge is 0.476 e. The Morgan fingerprint density at radius 2 is 2.44 bits per heavy atom. The topological polar surface area (TPSA) is 88.5 Å². The van der Waals surface area contributed by atoms with Crippen LogP contribution in [0.4, 0.5) is 0 Å². The highest BCUT2D eigenvalue weighted by molar-refractivity contribution is 7.09. The van der Waals surface area contributed by atoms with Crippen LogP contribution in [0.2, 0.25) is 0 Å². The Morgan fingerprint density at radius 1 is 1.61 bits per heavy atom. The van der Waals surface area contributed by atoms with Crippen LogP contribution in [0.5, 0.6) is 0 Å². The zero-order valence-corrected chi connectivity index (χ0v) is 10.5. The molecule has 1 fully saturated rings. The Labute approximate surface area is 108 Å². The molecule has 1 amide bonds. The van der Waals surface area contributed by atoms with Gasteiger partial charge in [-0.05, 0) is 12.8 Å². The van der Waals surface area contributed by atoms with Gasteiger partial charge in [-0.3, -0.25) is 4.79 Å². The van der Waals surface area contributed by atoms with Crippen molar-refractivity contribution in [2.45, 2.75) is 31.9 Å². The van der Waals surface area contributed by atoms with Crippen LogP contribution in [0.15, 0.2) is 5.38 Å². The lowest BCUT2D eigenvalue weighted by molar-refractivity contribution is -0.123. The molecule has 1 aliphatic rings. The van der Waals surface area contributed by atoms with E-state index in [0.717, 1.165) is 19.4 Å². The van der Waals surface area contributed by atoms with Gasteiger partial charge in [-0.2, -0.15) is 0 Å². The zero-order valence-electron chi connectivity index (χ0n) is 9.72. The Hall–Kier alpha value is -1.47. The van der Waals surface area contributed by atoms with Gasteiger partial charge in [0.25, 0.3) is 0 Å². The van der Waals surface area contributed by atoms with Crippen LogP contribution in [0.1, 0.15) is 34.8 Å². The van der Waals surface area contributed by atoms with Crippen molar-refractivity contribution < 1.29 is 19.4 Å². The molecule has 1 saturated heterocycles. The average molecular weight is 270 g/mol. The molecule has 2 heterocycles. The fraction of sp³-hybridized carbons (Fsp3) is 0.545. The molecule has 2 N–H and O–H groups in total. The number of aromatic nitrogens is 1. The number of rotatable bonds is 5. The summed E-state index contributed by atoms with van der Waals surface area (Å²) in [5.74, 6) is -1.14. The predicted molar refractivity (Wildman–Crippen MR) is 64.5 cm³/mol. The van der Waals surface area contributed by atoms with Crippen molar-refractivity contribution in [1.82, 2.24) is 10.3 Å². The smallest absolute Gasteiger partial charge is 0.355 e. The van der Waals surface area contributed by atoms with Gasteiger partial charge in [-0.15, -0.1) is 11.3 Å². The minimum atomic E-state index is -1.05. The normalized spacial score (nSPS) is 18.8. The number of thiazole rings is 1. The Balaban J connectivity index is 1.76. The molecule has 0 saturated carbocycles. The van der Waals surface area contributed by atoms with E-state index < -0.39 is 5.97 Å². The molecule has 0 radical (unpaired) electrons. The van der Waals surface area contributed by atoms with Crippen molar-refractivity contribution >= 4 is 23.2 Å². The average Bonchev–Trinajstić information content (AvgIpc) is 2.96. The second-order valence-corrected chi connectivity index (χ2v) is 4.99. The van der Waals surface area contributed by atoms with E-state index in [4.69, 9.17) is 9.84 Å². The van der Waals surface area contributed by atoms with E-state index in [1.165, 1.54) is 16.7 Å². The molecular weight excluding hydrogens is 256 g/mol. The summed E-state index contributed by atoms with van der Waals surface area (Å²) in [6, 6.07) is 0. The minimum Gasteiger partial charge on any atom is -0.476 e. The minimum absolute atomic E-state index is 0.0170. The molecule has 2 rings (SSSR count). The number of nitrogens with one attached hydrogen (secondary N) is 1.